The Morgan fingerprint density at radius 1 is 1.15 bits per heavy atom. The van der Waals surface area contributed by atoms with Crippen LogP contribution in [0.15, 0.2) is 11.1 Å². The van der Waals surface area contributed by atoms with E-state index in [0.29, 0.717) is 13.0 Å². The maximum absolute atomic E-state index is 12.9. The normalized spacial score (nSPS) is 52.5. The van der Waals surface area contributed by atoms with Crippen molar-refractivity contribution < 1.29 is 38.0 Å². The summed E-state index contributed by atoms with van der Waals surface area (Å²) in [6.45, 7) is 12.3. The summed E-state index contributed by atoms with van der Waals surface area (Å²) in [5.74, 6) is 0.0831. The van der Waals surface area contributed by atoms with Crippen molar-refractivity contribution >= 4 is 12.1 Å². The maximum Gasteiger partial charge on any atom is 0.509 e. The zero-order chi connectivity index (χ0) is 23.3. The third-order valence-corrected chi connectivity index (χ3v) is 9.67. The van der Waals surface area contributed by atoms with Crippen molar-refractivity contribution in [1.82, 2.24) is 0 Å². The molecule has 0 N–H and O–H groups in total. The first kappa shape index (κ1) is 20.7. The molecule has 5 fully saturated rings. The van der Waals surface area contributed by atoms with Crippen molar-refractivity contribution in [2.75, 3.05) is 6.61 Å². The largest absolute Gasteiger partial charge is 0.509 e. The Hall–Kier alpha value is -1.64. The average molecular weight is 461 g/mol. The van der Waals surface area contributed by atoms with Gasteiger partial charge in [-0.1, -0.05) is 20.8 Å². The minimum absolute atomic E-state index is 0.101. The predicted molar refractivity (Wildman–Crippen MR) is 112 cm³/mol. The van der Waals surface area contributed by atoms with Gasteiger partial charge in [-0.3, -0.25) is 0 Å². The number of hydrogen-bond donors (Lipinski definition) is 0. The Morgan fingerprint density at radius 2 is 1.91 bits per heavy atom. The fourth-order valence-electron chi connectivity index (χ4n) is 8.21. The topological polar surface area (TPSA) is 99.4 Å². The molecule has 33 heavy (non-hydrogen) atoms. The summed E-state index contributed by atoms with van der Waals surface area (Å²) >= 11 is 0. The highest BCUT2D eigenvalue weighted by atomic mass is 16.8. The predicted octanol–water partition coefficient (Wildman–Crippen LogP) is 3.06. The van der Waals surface area contributed by atoms with Crippen molar-refractivity contribution in [3.63, 3.8) is 0 Å². The van der Waals surface area contributed by atoms with Gasteiger partial charge in [0.2, 0.25) is 0 Å². The van der Waals surface area contributed by atoms with Crippen LogP contribution in [0.2, 0.25) is 0 Å². The van der Waals surface area contributed by atoms with Crippen molar-refractivity contribution in [2.24, 2.45) is 17.3 Å². The van der Waals surface area contributed by atoms with E-state index in [1.54, 1.807) is 0 Å². The molecule has 9 atom stereocenters. The van der Waals surface area contributed by atoms with Crippen LogP contribution in [0.5, 0.6) is 0 Å². The summed E-state index contributed by atoms with van der Waals surface area (Å²) in [5, 5.41) is 0. The summed E-state index contributed by atoms with van der Waals surface area (Å²) in [6.07, 6.45) is 0.564. The molecular weight excluding hydrogens is 428 g/mol. The quantitative estimate of drug-likeness (QED) is 0.458. The first-order chi connectivity index (χ1) is 15.4. The standard InChI is InChI=1S/C25H32O8/c1-11(2)23-16(31-23)17-25(32-17)22(6)8-7-12-13(10-28-18(12)26)14(22)9-15-24(25,30-15)19(23)29-20(27)33-21(3,4)5/h11,14-17,19H,7-10H2,1-6H3/t14-,15-,16-,17-,19+,22-,23-,24+,25+/m0/s1. The van der Waals surface area contributed by atoms with E-state index in [9.17, 15) is 9.59 Å². The number of carbonyl (C=O) groups is 2. The van der Waals surface area contributed by atoms with Crippen LogP contribution >= 0.6 is 0 Å². The Kier molecular flexibility index (Phi) is 3.51. The number of cyclic esters (lactones) is 1. The van der Waals surface area contributed by atoms with E-state index >= 15 is 0 Å². The third-order valence-electron chi connectivity index (χ3n) is 9.67. The molecule has 4 heterocycles. The highest BCUT2D eigenvalue weighted by Crippen LogP contribution is 2.83. The van der Waals surface area contributed by atoms with E-state index < -0.39 is 34.7 Å². The van der Waals surface area contributed by atoms with E-state index in [-0.39, 0.29) is 41.5 Å². The molecule has 0 amide bonds. The highest BCUT2D eigenvalue weighted by Gasteiger charge is 3.01. The van der Waals surface area contributed by atoms with E-state index in [1.807, 2.05) is 20.8 Å². The zero-order valence-electron chi connectivity index (χ0n) is 20.1. The second-order valence-corrected chi connectivity index (χ2v) is 12.5. The van der Waals surface area contributed by atoms with Gasteiger partial charge in [0.05, 0.1) is 6.10 Å². The Labute approximate surface area is 193 Å². The Morgan fingerprint density at radius 3 is 2.61 bits per heavy atom. The molecule has 7 aliphatic rings. The fraction of sp³-hybridized carbons (Fsp3) is 0.840. The number of hydrogen-bond acceptors (Lipinski definition) is 8. The molecule has 180 valence electrons. The molecule has 4 aliphatic heterocycles. The third kappa shape index (κ3) is 2.12. The van der Waals surface area contributed by atoms with E-state index in [1.165, 1.54) is 0 Å². The van der Waals surface area contributed by atoms with Gasteiger partial charge in [0.1, 0.15) is 35.6 Å². The lowest BCUT2D eigenvalue weighted by Crippen LogP contribution is -2.70. The lowest BCUT2D eigenvalue weighted by atomic mass is 9.46. The number of esters is 1. The molecular formula is C25H32O8. The van der Waals surface area contributed by atoms with Gasteiger partial charge < -0.3 is 28.4 Å². The molecule has 0 aromatic rings. The molecule has 0 radical (unpaired) electrons. The van der Waals surface area contributed by atoms with Gasteiger partial charge in [-0.15, -0.1) is 0 Å². The summed E-state index contributed by atoms with van der Waals surface area (Å²) in [5.41, 5.74) is -0.960. The average Bonchev–Trinajstić information content (AvgIpc) is 3.59. The van der Waals surface area contributed by atoms with E-state index in [4.69, 9.17) is 28.4 Å². The van der Waals surface area contributed by atoms with Crippen LogP contribution in [-0.2, 0) is 33.2 Å². The highest BCUT2D eigenvalue weighted by molar-refractivity contribution is 5.92. The molecule has 3 aliphatic carbocycles. The number of carbonyl (C=O) groups excluding carboxylic acids is 2. The van der Waals surface area contributed by atoms with Crippen LogP contribution in [0.3, 0.4) is 0 Å². The van der Waals surface area contributed by atoms with Crippen LogP contribution in [0, 0.1) is 17.3 Å². The lowest BCUT2D eigenvalue weighted by Gasteiger charge is -2.53. The Balaban J connectivity index is 1.31. The monoisotopic (exact) mass is 460 g/mol. The van der Waals surface area contributed by atoms with Crippen molar-refractivity contribution in [3.8, 4) is 0 Å². The first-order valence-corrected chi connectivity index (χ1v) is 12.2. The minimum Gasteiger partial charge on any atom is -0.458 e. The van der Waals surface area contributed by atoms with E-state index in [2.05, 4.69) is 20.8 Å². The van der Waals surface area contributed by atoms with Gasteiger partial charge in [0.25, 0.3) is 0 Å². The summed E-state index contributed by atoms with van der Waals surface area (Å²) < 4.78 is 36.8. The second-order valence-electron chi connectivity index (χ2n) is 12.5. The molecule has 0 unspecified atom stereocenters. The smallest absolute Gasteiger partial charge is 0.458 e. The molecule has 0 bridgehead atoms. The van der Waals surface area contributed by atoms with Crippen LogP contribution in [0.1, 0.15) is 60.8 Å². The molecule has 8 nitrogen and oxygen atoms in total. The number of epoxide rings is 3. The molecule has 7 rings (SSSR count). The zero-order valence-corrected chi connectivity index (χ0v) is 20.1. The molecule has 0 aromatic heterocycles. The molecule has 0 aromatic carbocycles. The van der Waals surface area contributed by atoms with Gasteiger partial charge in [0, 0.05) is 11.0 Å². The molecule has 8 heteroatoms. The van der Waals surface area contributed by atoms with Crippen molar-refractivity contribution in [1.29, 1.82) is 0 Å². The van der Waals surface area contributed by atoms with Gasteiger partial charge >= 0.3 is 12.1 Å². The second kappa shape index (κ2) is 5.60. The van der Waals surface area contributed by atoms with Crippen LogP contribution in [0.4, 0.5) is 4.79 Å². The number of ether oxygens (including phenoxy) is 6. The number of fused-ring (bicyclic) bond motifs is 4. The maximum atomic E-state index is 12.9. The van der Waals surface area contributed by atoms with Gasteiger partial charge in [-0.2, -0.15) is 0 Å². The van der Waals surface area contributed by atoms with Crippen LogP contribution < -0.4 is 0 Å². The van der Waals surface area contributed by atoms with Crippen molar-refractivity contribution in [3.05, 3.63) is 11.1 Å². The van der Waals surface area contributed by atoms with E-state index in [0.717, 1.165) is 24.0 Å². The minimum atomic E-state index is -0.751. The van der Waals surface area contributed by atoms with Gasteiger partial charge in [-0.05, 0) is 57.4 Å². The van der Waals surface area contributed by atoms with Crippen molar-refractivity contribution in [2.45, 2.75) is 108 Å². The SMILES string of the molecule is CC(C)[C@]12O[C@H]1[C@@H]1O[C@]13[C@]1(O[C@H]1C[C@H]1C4=C(CC[C@@]13C)C(=O)OC4)[C@@H]2OC(=O)OC(C)(C)C. The lowest BCUT2D eigenvalue weighted by molar-refractivity contribution is -0.136. The summed E-state index contributed by atoms with van der Waals surface area (Å²) in [7, 11) is 0. The summed E-state index contributed by atoms with van der Waals surface area (Å²) in [6, 6.07) is 0. The molecule has 2 spiro atoms. The van der Waals surface area contributed by atoms with Crippen LogP contribution in [-0.4, -0.2) is 65.6 Å². The fourth-order valence-corrected chi connectivity index (χ4v) is 8.21. The number of rotatable bonds is 2. The summed E-state index contributed by atoms with van der Waals surface area (Å²) in [4.78, 5) is 25.2. The van der Waals surface area contributed by atoms with Crippen LogP contribution in [0.25, 0.3) is 0 Å². The molecule has 2 saturated carbocycles. The van der Waals surface area contributed by atoms with Gasteiger partial charge in [0.15, 0.2) is 11.7 Å². The van der Waals surface area contributed by atoms with Gasteiger partial charge in [-0.25, -0.2) is 9.59 Å². The Bertz CT molecular complexity index is 1030. The first-order valence-electron chi connectivity index (χ1n) is 12.2. The molecule has 3 saturated heterocycles.